The molecule has 0 saturated heterocycles. The second-order valence-corrected chi connectivity index (χ2v) is 4.57. The quantitative estimate of drug-likeness (QED) is 0.463. The van der Waals surface area contributed by atoms with Crippen molar-refractivity contribution in [2.24, 2.45) is 0 Å². The summed E-state index contributed by atoms with van der Waals surface area (Å²) in [6, 6.07) is 0. The van der Waals surface area contributed by atoms with Gasteiger partial charge < -0.3 is 4.74 Å². The van der Waals surface area contributed by atoms with E-state index in [1.165, 1.54) is 0 Å². The van der Waals surface area contributed by atoms with Crippen molar-refractivity contribution < 1.29 is 31.1 Å². The van der Waals surface area contributed by atoms with Crippen LogP contribution in [0.25, 0.3) is 0 Å². The molecule has 0 rings (SSSR count). The molecule has 84 valence electrons. The molecule has 0 aliphatic carbocycles. The van der Waals surface area contributed by atoms with Crippen molar-refractivity contribution in [3.05, 3.63) is 0 Å². The molecule has 0 heterocycles. The largest absolute Gasteiger partial charge is 0.511 e. The molecule has 1 atom stereocenters. The van der Waals surface area contributed by atoms with E-state index in [1.807, 2.05) is 0 Å². The minimum absolute atomic E-state index is 0.901. The van der Waals surface area contributed by atoms with Gasteiger partial charge in [-0.15, -0.1) is 0 Å². The lowest BCUT2D eigenvalue weighted by Gasteiger charge is -2.12. The van der Waals surface area contributed by atoms with Gasteiger partial charge in [-0.3, -0.25) is 0 Å². The van der Waals surface area contributed by atoms with E-state index in [1.54, 1.807) is 0 Å². The van der Waals surface area contributed by atoms with Crippen molar-refractivity contribution in [1.82, 2.24) is 4.72 Å². The van der Waals surface area contributed by atoms with E-state index < -0.39 is 26.5 Å². The SMILES string of the molecule is COC(=O)C(Br)NS(=O)(=O)C(F)(F)F. The Kier molecular flexibility index (Phi) is 4.34. The van der Waals surface area contributed by atoms with Gasteiger partial charge in [0.05, 0.1) is 7.11 Å². The van der Waals surface area contributed by atoms with Gasteiger partial charge >= 0.3 is 21.5 Å². The summed E-state index contributed by atoms with van der Waals surface area (Å²) in [7, 11) is -4.65. The maximum absolute atomic E-state index is 11.7. The molecule has 0 bridgehead atoms. The highest BCUT2D eigenvalue weighted by atomic mass is 79.9. The van der Waals surface area contributed by atoms with Crippen LogP contribution in [0.3, 0.4) is 0 Å². The molecule has 0 radical (unpaired) electrons. The minimum Gasteiger partial charge on any atom is -0.467 e. The number of carbonyl (C=O) groups excluding carboxylic acids is 1. The third kappa shape index (κ3) is 3.42. The first-order valence-corrected chi connectivity index (χ1v) is 5.32. The molecule has 0 spiro atoms. The molecule has 0 aliphatic heterocycles. The van der Waals surface area contributed by atoms with Crippen LogP contribution in [0.2, 0.25) is 0 Å². The topological polar surface area (TPSA) is 72.5 Å². The Morgan fingerprint density at radius 1 is 1.50 bits per heavy atom. The van der Waals surface area contributed by atoms with Crippen LogP contribution in [-0.4, -0.2) is 32.0 Å². The molecule has 0 aromatic carbocycles. The third-order valence-electron chi connectivity index (χ3n) is 0.971. The number of ether oxygens (including phenoxy) is 1. The van der Waals surface area contributed by atoms with Crippen molar-refractivity contribution in [2.45, 2.75) is 10.5 Å². The molecule has 0 saturated carbocycles. The second kappa shape index (κ2) is 4.45. The van der Waals surface area contributed by atoms with E-state index in [-0.39, 0.29) is 0 Å². The predicted octanol–water partition coefficient (Wildman–Crippen LogP) is 0.320. The maximum atomic E-state index is 11.7. The predicted molar refractivity (Wildman–Crippen MR) is 42.8 cm³/mol. The number of alkyl halides is 4. The number of esters is 1. The molecule has 0 aromatic heterocycles. The number of methoxy groups -OCH3 is 1. The van der Waals surface area contributed by atoms with Crippen molar-refractivity contribution in [3.63, 3.8) is 0 Å². The number of carbonyl (C=O) groups is 1. The van der Waals surface area contributed by atoms with Gasteiger partial charge in [-0.1, -0.05) is 15.9 Å². The standard InChI is InChI=1S/C4H5BrF3NO4S/c1-13-3(10)2(5)9-14(11,12)4(6,7)8/h2,9H,1H3. The highest BCUT2D eigenvalue weighted by Gasteiger charge is 2.47. The lowest BCUT2D eigenvalue weighted by atomic mass is 10.7. The van der Waals surface area contributed by atoms with Gasteiger partial charge in [0.25, 0.3) is 0 Å². The first kappa shape index (κ1) is 13.7. The second-order valence-electron chi connectivity index (χ2n) is 1.95. The fraction of sp³-hybridized carbons (Fsp3) is 0.750. The Labute approximate surface area is 85.8 Å². The molecule has 5 nitrogen and oxygen atoms in total. The first-order valence-electron chi connectivity index (χ1n) is 2.92. The lowest BCUT2D eigenvalue weighted by molar-refractivity contribution is -0.140. The number of halogens is 4. The van der Waals surface area contributed by atoms with Crippen LogP contribution in [0.15, 0.2) is 0 Å². The summed E-state index contributed by atoms with van der Waals surface area (Å²) in [5.41, 5.74) is -5.47. The molecular formula is C4H5BrF3NO4S. The zero-order chi connectivity index (χ0) is 11.6. The van der Waals surface area contributed by atoms with Crippen LogP contribution < -0.4 is 4.72 Å². The van der Waals surface area contributed by atoms with Gasteiger partial charge in [-0.05, 0) is 0 Å². The van der Waals surface area contributed by atoms with Crippen LogP contribution in [0.1, 0.15) is 0 Å². The number of sulfonamides is 1. The number of nitrogens with one attached hydrogen (secondary N) is 1. The van der Waals surface area contributed by atoms with Gasteiger partial charge in [0.15, 0.2) is 4.95 Å². The highest BCUT2D eigenvalue weighted by Crippen LogP contribution is 2.22. The Morgan fingerprint density at radius 3 is 2.21 bits per heavy atom. The van der Waals surface area contributed by atoms with Crippen molar-refractivity contribution in [2.75, 3.05) is 7.11 Å². The zero-order valence-electron chi connectivity index (χ0n) is 6.63. The van der Waals surface area contributed by atoms with Crippen molar-refractivity contribution in [3.8, 4) is 0 Å². The molecule has 10 heteroatoms. The normalized spacial score (nSPS) is 14.9. The molecule has 0 aromatic rings. The molecule has 1 N–H and O–H groups in total. The van der Waals surface area contributed by atoms with E-state index in [9.17, 15) is 26.4 Å². The van der Waals surface area contributed by atoms with E-state index in [2.05, 4.69) is 20.7 Å². The van der Waals surface area contributed by atoms with Crippen LogP contribution in [-0.2, 0) is 19.6 Å². The minimum atomic E-state index is -5.55. The summed E-state index contributed by atoms with van der Waals surface area (Å²) in [6.07, 6.45) is 0. The van der Waals surface area contributed by atoms with Crippen LogP contribution >= 0.6 is 15.9 Å². The summed E-state index contributed by atoms with van der Waals surface area (Å²) in [6.45, 7) is 0. The van der Waals surface area contributed by atoms with Gasteiger partial charge in [0, 0.05) is 0 Å². The summed E-state index contributed by atoms with van der Waals surface area (Å²) < 4.78 is 61.1. The lowest BCUT2D eigenvalue weighted by Crippen LogP contribution is -2.43. The summed E-state index contributed by atoms with van der Waals surface area (Å²) in [5.74, 6) is -1.18. The Bertz CT molecular complexity index is 313. The molecule has 0 amide bonds. The van der Waals surface area contributed by atoms with Crippen LogP contribution in [0.5, 0.6) is 0 Å². The van der Waals surface area contributed by atoms with E-state index >= 15 is 0 Å². The maximum Gasteiger partial charge on any atom is 0.511 e. The van der Waals surface area contributed by atoms with Gasteiger partial charge in [-0.25, -0.2) is 13.2 Å². The Morgan fingerprint density at radius 2 is 1.93 bits per heavy atom. The molecule has 1 unspecified atom stereocenters. The van der Waals surface area contributed by atoms with E-state index in [0.717, 1.165) is 11.8 Å². The first-order chi connectivity index (χ1) is 6.12. The van der Waals surface area contributed by atoms with Crippen LogP contribution in [0.4, 0.5) is 13.2 Å². The Balaban J connectivity index is 4.63. The fourth-order valence-corrected chi connectivity index (χ4v) is 1.78. The molecular weight excluding hydrogens is 295 g/mol. The zero-order valence-corrected chi connectivity index (χ0v) is 9.03. The van der Waals surface area contributed by atoms with Crippen molar-refractivity contribution in [1.29, 1.82) is 0 Å². The number of rotatable bonds is 3. The van der Waals surface area contributed by atoms with E-state index in [4.69, 9.17) is 0 Å². The average molecular weight is 300 g/mol. The Hall–Kier alpha value is -0.350. The fourth-order valence-electron chi connectivity index (χ4n) is 0.355. The van der Waals surface area contributed by atoms with E-state index in [0.29, 0.717) is 0 Å². The monoisotopic (exact) mass is 299 g/mol. The highest BCUT2D eigenvalue weighted by molar-refractivity contribution is 9.10. The average Bonchev–Trinajstić information content (AvgIpc) is 2.00. The smallest absolute Gasteiger partial charge is 0.467 e. The van der Waals surface area contributed by atoms with Crippen molar-refractivity contribution >= 4 is 31.9 Å². The summed E-state index contributed by atoms with van der Waals surface area (Å²) >= 11 is 2.37. The number of hydrogen-bond donors (Lipinski definition) is 1. The third-order valence-corrected chi connectivity index (χ3v) is 3.03. The molecule has 14 heavy (non-hydrogen) atoms. The molecule has 0 aliphatic rings. The summed E-state index contributed by atoms with van der Waals surface area (Å²) in [4.78, 5) is 8.79. The van der Waals surface area contributed by atoms with Crippen LogP contribution in [0, 0.1) is 0 Å². The number of hydrogen-bond acceptors (Lipinski definition) is 4. The summed E-state index contributed by atoms with van der Waals surface area (Å²) in [5, 5.41) is 0. The van der Waals surface area contributed by atoms with Gasteiger partial charge in [0.2, 0.25) is 0 Å². The van der Waals surface area contributed by atoms with Gasteiger partial charge in [0.1, 0.15) is 0 Å². The molecule has 0 fully saturated rings. The van der Waals surface area contributed by atoms with Gasteiger partial charge in [-0.2, -0.15) is 17.9 Å².